The van der Waals surface area contributed by atoms with Gasteiger partial charge in [0, 0.05) is 22.3 Å². The molecule has 1 aliphatic rings. The number of ether oxygens (including phenoxy) is 1. The Balaban J connectivity index is 1.61. The number of nitro groups is 1. The summed E-state index contributed by atoms with van der Waals surface area (Å²) in [6.45, 7) is 8.95. The molecular weight excluding hydrogens is 619 g/mol. The maximum Gasteiger partial charge on any atom is 0.338 e. The number of rotatable bonds is 8. The van der Waals surface area contributed by atoms with Gasteiger partial charge in [-0.15, -0.1) is 11.8 Å². The van der Waals surface area contributed by atoms with E-state index in [2.05, 4.69) is 15.0 Å². The molecule has 1 aliphatic heterocycles. The highest BCUT2D eigenvalue weighted by Gasteiger charge is 2.33. The number of allylic oxidation sites excluding steroid dienone is 1. The molecular formula is C31H29N5O5S3. The van der Waals surface area contributed by atoms with Crippen molar-refractivity contribution in [1.82, 2.24) is 14.5 Å². The van der Waals surface area contributed by atoms with E-state index in [0.717, 1.165) is 44.9 Å². The molecule has 0 aliphatic carbocycles. The van der Waals surface area contributed by atoms with Crippen LogP contribution in [0.2, 0.25) is 0 Å². The summed E-state index contributed by atoms with van der Waals surface area (Å²) in [4.78, 5) is 54.1. The average molecular weight is 648 g/mol. The van der Waals surface area contributed by atoms with E-state index in [1.807, 2.05) is 50.4 Å². The van der Waals surface area contributed by atoms with Gasteiger partial charge in [-0.05, 0) is 94.1 Å². The predicted molar refractivity (Wildman–Crippen MR) is 172 cm³/mol. The summed E-state index contributed by atoms with van der Waals surface area (Å²) in [7, 11) is 0. The number of esters is 1. The van der Waals surface area contributed by atoms with Gasteiger partial charge >= 0.3 is 5.97 Å². The van der Waals surface area contributed by atoms with Crippen LogP contribution < -0.4 is 14.9 Å². The molecule has 226 valence electrons. The minimum absolute atomic E-state index is 0.124. The van der Waals surface area contributed by atoms with Crippen molar-refractivity contribution in [3.05, 3.63) is 112 Å². The van der Waals surface area contributed by atoms with Crippen molar-refractivity contribution >= 4 is 52.6 Å². The van der Waals surface area contributed by atoms with Crippen LogP contribution in [0.3, 0.4) is 0 Å². The van der Waals surface area contributed by atoms with Gasteiger partial charge in [-0.2, -0.15) is 0 Å². The van der Waals surface area contributed by atoms with Gasteiger partial charge in [0.05, 0.1) is 37.8 Å². The molecule has 44 heavy (non-hydrogen) atoms. The molecule has 0 radical (unpaired) electrons. The molecule has 2 aromatic heterocycles. The maximum absolute atomic E-state index is 14.0. The molecule has 5 rings (SSSR count). The fraction of sp³-hybridized carbons (Fsp3) is 0.258. The van der Waals surface area contributed by atoms with Gasteiger partial charge < -0.3 is 4.74 Å². The lowest BCUT2D eigenvalue weighted by atomic mass is 9.96. The van der Waals surface area contributed by atoms with Gasteiger partial charge in [-0.1, -0.05) is 29.5 Å². The fourth-order valence-corrected chi connectivity index (χ4v) is 7.21. The first-order chi connectivity index (χ1) is 20.9. The van der Waals surface area contributed by atoms with E-state index in [-0.39, 0.29) is 17.4 Å². The Morgan fingerprint density at radius 2 is 1.77 bits per heavy atom. The van der Waals surface area contributed by atoms with Crippen LogP contribution in [0.15, 0.2) is 84.5 Å². The van der Waals surface area contributed by atoms with Crippen LogP contribution in [0.1, 0.15) is 49.3 Å². The Bertz CT molecular complexity index is 1980. The summed E-state index contributed by atoms with van der Waals surface area (Å²) < 4.78 is 7.39. The summed E-state index contributed by atoms with van der Waals surface area (Å²) in [5, 5.41) is 12.5. The van der Waals surface area contributed by atoms with Crippen LogP contribution in [-0.2, 0) is 9.53 Å². The molecule has 0 saturated heterocycles. The van der Waals surface area contributed by atoms with E-state index >= 15 is 0 Å². The van der Waals surface area contributed by atoms with Gasteiger partial charge in [0.15, 0.2) is 9.96 Å². The van der Waals surface area contributed by atoms with Crippen molar-refractivity contribution in [2.75, 3.05) is 6.26 Å². The lowest BCUT2D eigenvalue weighted by Gasteiger charge is -2.25. The molecule has 4 aromatic rings. The average Bonchev–Trinajstić information content (AvgIpc) is 3.25. The standard InChI is InChI=1S/C31H29N5O5S3/c1-16(2)41-29(38)26-19(5)34-31-35(27(26)21-8-10-22(42-6)11-9-21)28(37)25(44-31)15-20-7-12-24(23(14-20)36(39)40)43-30-32-17(3)13-18(4)33-30/h7-16,27H,1-6H3/b25-15-/t27-/m0/s1. The Morgan fingerprint density at radius 1 is 1.09 bits per heavy atom. The Hall–Kier alpha value is -4.07. The molecule has 0 bridgehead atoms. The van der Waals surface area contributed by atoms with E-state index in [0.29, 0.717) is 36.2 Å². The number of hydrogen-bond acceptors (Lipinski definition) is 11. The SMILES string of the molecule is CSc1ccc([C@H]2C(C(=O)OC(C)C)=C(C)N=c3s/c(=C\c4ccc(Sc5nc(C)cc(C)n5)c([N+](=O)[O-])c4)c(=O)n32)cc1. The number of aryl methyl sites for hydroxylation is 2. The molecule has 0 amide bonds. The third-order valence-corrected chi connectivity index (χ3v) is 9.31. The van der Waals surface area contributed by atoms with E-state index in [1.54, 1.807) is 50.7 Å². The zero-order valence-corrected chi connectivity index (χ0v) is 27.3. The van der Waals surface area contributed by atoms with E-state index in [9.17, 15) is 19.7 Å². The number of fused-ring (bicyclic) bond motifs is 1. The molecule has 0 fully saturated rings. The second kappa shape index (κ2) is 12.9. The first kappa shape index (κ1) is 31.4. The molecule has 0 saturated carbocycles. The van der Waals surface area contributed by atoms with Crippen molar-refractivity contribution in [3.8, 4) is 0 Å². The van der Waals surface area contributed by atoms with Crippen LogP contribution in [-0.4, -0.2) is 37.8 Å². The van der Waals surface area contributed by atoms with Crippen molar-refractivity contribution < 1.29 is 14.5 Å². The largest absolute Gasteiger partial charge is 0.459 e. The topological polar surface area (TPSA) is 130 Å². The summed E-state index contributed by atoms with van der Waals surface area (Å²) in [6.07, 6.45) is 3.23. The number of nitrogens with zero attached hydrogens (tertiary/aromatic N) is 5. The third-order valence-electron chi connectivity index (χ3n) is 6.66. The first-order valence-electron chi connectivity index (χ1n) is 13.6. The monoisotopic (exact) mass is 647 g/mol. The smallest absolute Gasteiger partial charge is 0.338 e. The predicted octanol–water partition coefficient (Wildman–Crippen LogP) is 5.37. The third kappa shape index (κ3) is 6.54. The molecule has 2 aromatic carbocycles. The number of thiazole rings is 1. The van der Waals surface area contributed by atoms with Gasteiger partial charge in [0.1, 0.15) is 0 Å². The Kier molecular flexibility index (Phi) is 9.18. The second-order valence-electron chi connectivity index (χ2n) is 10.3. The fourth-order valence-electron chi connectivity index (χ4n) is 4.80. The summed E-state index contributed by atoms with van der Waals surface area (Å²) in [5.41, 5.74) is 3.02. The number of benzene rings is 2. The Labute approximate surface area is 265 Å². The van der Waals surface area contributed by atoms with Crippen LogP contribution >= 0.6 is 34.9 Å². The van der Waals surface area contributed by atoms with Crippen LogP contribution in [0, 0.1) is 24.0 Å². The van der Waals surface area contributed by atoms with Gasteiger partial charge in [-0.3, -0.25) is 19.5 Å². The number of carbonyl (C=O) groups excluding carboxylic acids is 1. The maximum atomic E-state index is 14.0. The molecule has 0 spiro atoms. The zero-order chi connectivity index (χ0) is 31.7. The van der Waals surface area contributed by atoms with E-state index in [4.69, 9.17) is 4.74 Å². The molecule has 0 unspecified atom stereocenters. The lowest BCUT2D eigenvalue weighted by molar-refractivity contribution is -0.387. The summed E-state index contributed by atoms with van der Waals surface area (Å²) in [6, 6.07) is 13.5. The van der Waals surface area contributed by atoms with Crippen molar-refractivity contribution in [2.24, 2.45) is 4.99 Å². The zero-order valence-electron chi connectivity index (χ0n) is 24.9. The minimum atomic E-state index is -0.749. The molecule has 3 heterocycles. The highest BCUT2D eigenvalue weighted by atomic mass is 32.2. The number of aromatic nitrogens is 3. The molecule has 10 nitrogen and oxygen atoms in total. The highest BCUT2D eigenvalue weighted by molar-refractivity contribution is 7.99. The minimum Gasteiger partial charge on any atom is -0.459 e. The van der Waals surface area contributed by atoms with Crippen LogP contribution in [0.4, 0.5) is 5.69 Å². The number of hydrogen-bond donors (Lipinski definition) is 0. The van der Waals surface area contributed by atoms with E-state index < -0.39 is 16.9 Å². The van der Waals surface area contributed by atoms with Crippen LogP contribution in [0.5, 0.6) is 0 Å². The van der Waals surface area contributed by atoms with Gasteiger partial charge in [-0.25, -0.2) is 19.8 Å². The first-order valence-corrected chi connectivity index (χ1v) is 16.5. The highest BCUT2D eigenvalue weighted by Crippen LogP contribution is 2.35. The molecule has 13 heteroatoms. The second-order valence-corrected chi connectivity index (χ2v) is 13.2. The molecule has 1 atom stereocenters. The Morgan fingerprint density at radius 3 is 2.39 bits per heavy atom. The lowest BCUT2D eigenvalue weighted by Crippen LogP contribution is -2.40. The van der Waals surface area contributed by atoms with Crippen molar-refractivity contribution in [2.45, 2.75) is 61.7 Å². The summed E-state index contributed by atoms with van der Waals surface area (Å²) in [5.74, 6) is -0.536. The van der Waals surface area contributed by atoms with Gasteiger partial charge in [0.2, 0.25) is 0 Å². The van der Waals surface area contributed by atoms with Crippen molar-refractivity contribution in [1.29, 1.82) is 0 Å². The van der Waals surface area contributed by atoms with Gasteiger partial charge in [0.25, 0.3) is 11.2 Å². The molecule has 0 N–H and O–H groups in total. The van der Waals surface area contributed by atoms with Crippen LogP contribution in [0.25, 0.3) is 6.08 Å². The number of carbonyl (C=O) groups is 1. The summed E-state index contributed by atoms with van der Waals surface area (Å²) >= 11 is 3.86. The van der Waals surface area contributed by atoms with Crippen molar-refractivity contribution in [3.63, 3.8) is 0 Å². The normalized spacial score (nSPS) is 14.9. The number of thioether (sulfide) groups is 1. The van der Waals surface area contributed by atoms with E-state index in [1.165, 1.54) is 10.6 Å². The number of nitro benzene ring substituents is 1. The quantitative estimate of drug-likeness (QED) is 0.0814.